The number of hydrogen-bond acceptors (Lipinski definition) is 5. The van der Waals surface area contributed by atoms with Crippen molar-refractivity contribution in [2.45, 2.75) is 19.4 Å². The molecule has 1 aliphatic rings. The Morgan fingerprint density at radius 3 is 3.14 bits per heavy atom. The summed E-state index contributed by atoms with van der Waals surface area (Å²) in [5.41, 5.74) is 2.64. The van der Waals surface area contributed by atoms with Crippen molar-refractivity contribution < 1.29 is 14.1 Å². The molecule has 0 spiro atoms. The van der Waals surface area contributed by atoms with Gasteiger partial charge in [-0.15, -0.1) is 0 Å². The molecular weight excluding hydrogens is 292 g/mol. The van der Waals surface area contributed by atoms with Gasteiger partial charge in [-0.1, -0.05) is 40.1 Å². The van der Waals surface area contributed by atoms with Gasteiger partial charge >= 0.3 is 0 Å². The second kappa shape index (κ2) is 6.28. The lowest BCUT2D eigenvalue weighted by Gasteiger charge is -2.22. The van der Waals surface area contributed by atoms with Crippen LogP contribution in [-0.2, 0) is 16.0 Å². The molecule has 0 N–H and O–H groups in total. The first-order valence-electron chi connectivity index (χ1n) is 6.81. The van der Waals surface area contributed by atoms with E-state index in [4.69, 9.17) is 25.7 Å². The van der Waals surface area contributed by atoms with Crippen LogP contribution in [0.2, 0.25) is 5.02 Å². The molecule has 2 aromatic rings. The fourth-order valence-corrected chi connectivity index (χ4v) is 2.57. The highest BCUT2D eigenvalue weighted by Gasteiger charge is 2.30. The third-order valence-corrected chi connectivity index (χ3v) is 3.64. The zero-order chi connectivity index (χ0) is 14.7. The average Bonchev–Trinajstić information content (AvgIpc) is 2.92. The fourth-order valence-electron chi connectivity index (χ4n) is 2.34. The van der Waals surface area contributed by atoms with Crippen LogP contribution in [0.15, 0.2) is 33.9 Å². The van der Waals surface area contributed by atoms with Gasteiger partial charge in [0.1, 0.15) is 24.6 Å². The van der Waals surface area contributed by atoms with Crippen molar-refractivity contribution in [2.75, 3.05) is 13.2 Å². The SMILES string of the molecule is CCO/N=C/c1onc2c1CCOC2c1ccccc1Cl. The Labute approximate surface area is 127 Å². The summed E-state index contributed by atoms with van der Waals surface area (Å²) >= 11 is 6.25. The van der Waals surface area contributed by atoms with E-state index in [0.29, 0.717) is 24.0 Å². The minimum atomic E-state index is -0.305. The van der Waals surface area contributed by atoms with Gasteiger partial charge in [0.15, 0.2) is 5.76 Å². The summed E-state index contributed by atoms with van der Waals surface area (Å²) in [7, 11) is 0. The normalized spacial score (nSPS) is 17.9. The van der Waals surface area contributed by atoms with Gasteiger partial charge in [-0.25, -0.2) is 0 Å². The van der Waals surface area contributed by atoms with Crippen LogP contribution >= 0.6 is 11.6 Å². The molecule has 1 aromatic heterocycles. The molecule has 1 aromatic carbocycles. The molecule has 1 unspecified atom stereocenters. The van der Waals surface area contributed by atoms with E-state index < -0.39 is 0 Å². The average molecular weight is 307 g/mol. The van der Waals surface area contributed by atoms with Crippen LogP contribution in [0.1, 0.15) is 35.6 Å². The largest absolute Gasteiger partial charge is 0.396 e. The number of oxime groups is 1. The number of aromatic nitrogens is 1. The second-order valence-corrected chi connectivity index (χ2v) is 4.99. The van der Waals surface area contributed by atoms with Gasteiger partial charge in [0.25, 0.3) is 0 Å². The van der Waals surface area contributed by atoms with Gasteiger partial charge in [-0.3, -0.25) is 0 Å². The lowest BCUT2D eigenvalue weighted by molar-refractivity contribution is 0.0657. The van der Waals surface area contributed by atoms with Crippen molar-refractivity contribution in [1.29, 1.82) is 0 Å². The number of rotatable bonds is 4. The second-order valence-electron chi connectivity index (χ2n) is 4.59. The Morgan fingerprint density at radius 2 is 2.33 bits per heavy atom. The van der Waals surface area contributed by atoms with E-state index in [2.05, 4.69) is 10.3 Å². The highest BCUT2D eigenvalue weighted by Crippen LogP contribution is 2.36. The molecule has 1 atom stereocenters. The maximum atomic E-state index is 6.25. The van der Waals surface area contributed by atoms with Crippen LogP contribution in [0.5, 0.6) is 0 Å². The summed E-state index contributed by atoms with van der Waals surface area (Å²) in [6.07, 6.45) is 1.97. The van der Waals surface area contributed by atoms with Gasteiger partial charge in [-0.05, 0) is 13.0 Å². The maximum absolute atomic E-state index is 6.25. The monoisotopic (exact) mass is 306 g/mol. The van der Waals surface area contributed by atoms with E-state index in [0.717, 1.165) is 23.2 Å². The first-order valence-corrected chi connectivity index (χ1v) is 7.19. The van der Waals surface area contributed by atoms with Crippen LogP contribution in [0.4, 0.5) is 0 Å². The van der Waals surface area contributed by atoms with E-state index >= 15 is 0 Å². The quantitative estimate of drug-likeness (QED) is 0.642. The van der Waals surface area contributed by atoms with Crippen LogP contribution in [0, 0.1) is 0 Å². The highest BCUT2D eigenvalue weighted by atomic mass is 35.5. The molecule has 21 heavy (non-hydrogen) atoms. The van der Waals surface area contributed by atoms with Crippen molar-refractivity contribution in [3.8, 4) is 0 Å². The van der Waals surface area contributed by atoms with E-state index in [1.807, 2.05) is 31.2 Å². The molecule has 1 aliphatic heterocycles. The van der Waals surface area contributed by atoms with Crippen LogP contribution in [-0.4, -0.2) is 24.6 Å². The number of hydrogen-bond donors (Lipinski definition) is 0. The lowest BCUT2D eigenvalue weighted by atomic mass is 9.98. The van der Waals surface area contributed by atoms with E-state index in [-0.39, 0.29) is 6.10 Å². The summed E-state index contributed by atoms with van der Waals surface area (Å²) in [5.74, 6) is 0.610. The topological polar surface area (TPSA) is 56.9 Å². The molecule has 3 rings (SSSR count). The Morgan fingerprint density at radius 1 is 1.48 bits per heavy atom. The molecule has 0 fully saturated rings. The van der Waals surface area contributed by atoms with Crippen LogP contribution in [0.3, 0.4) is 0 Å². The van der Waals surface area contributed by atoms with Crippen molar-refractivity contribution in [3.63, 3.8) is 0 Å². The highest BCUT2D eigenvalue weighted by molar-refractivity contribution is 6.31. The molecule has 0 bridgehead atoms. The zero-order valence-corrected chi connectivity index (χ0v) is 12.3. The van der Waals surface area contributed by atoms with Crippen molar-refractivity contribution in [1.82, 2.24) is 5.16 Å². The van der Waals surface area contributed by atoms with E-state index in [9.17, 15) is 0 Å². The summed E-state index contributed by atoms with van der Waals surface area (Å²) in [6.45, 7) is 2.96. The molecule has 0 amide bonds. The van der Waals surface area contributed by atoms with Gasteiger partial charge in [-0.2, -0.15) is 0 Å². The van der Waals surface area contributed by atoms with E-state index in [1.54, 1.807) is 6.21 Å². The molecule has 0 radical (unpaired) electrons. The number of benzene rings is 1. The van der Waals surface area contributed by atoms with Crippen molar-refractivity contribution >= 4 is 17.8 Å². The van der Waals surface area contributed by atoms with Crippen molar-refractivity contribution in [3.05, 3.63) is 51.9 Å². The molecule has 5 nitrogen and oxygen atoms in total. The molecule has 2 heterocycles. The Balaban J connectivity index is 1.94. The Kier molecular flexibility index (Phi) is 4.22. The maximum Gasteiger partial charge on any atom is 0.184 e. The van der Waals surface area contributed by atoms with Crippen molar-refractivity contribution in [2.24, 2.45) is 5.16 Å². The van der Waals surface area contributed by atoms with E-state index in [1.165, 1.54) is 0 Å². The number of nitrogens with zero attached hydrogens (tertiary/aromatic N) is 2. The summed E-state index contributed by atoms with van der Waals surface area (Å²) in [4.78, 5) is 4.96. The number of fused-ring (bicyclic) bond motifs is 1. The van der Waals surface area contributed by atoms with Crippen LogP contribution < -0.4 is 0 Å². The minimum absolute atomic E-state index is 0.305. The minimum Gasteiger partial charge on any atom is -0.396 e. The smallest absolute Gasteiger partial charge is 0.184 e. The summed E-state index contributed by atoms with van der Waals surface area (Å²) in [6, 6.07) is 7.59. The van der Waals surface area contributed by atoms with Gasteiger partial charge in [0, 0.05) is 22.6 Å². The third-order valence-electron chi connectivity index (χ3n) is 3.30. The predicted octanol–water partition coefficient (Wildman–Crippen LogP) is 3.36. The molecule has 0 saturated carbocycles. The molecule has 0 aliphatic carbocycles. The summed E-state index contributed by atoms with van der Waals surface area (Å²) < 4.78 is 11.2. The first kappa shape index (κ1) is 14.1. The van der Waals surface area contributed by atoms with Gasteiger partial charge < -0.3 is 14.1 Å². The van der Waals surface area contributed by atoms with Gasteiger partial charge in [0.05, 0.1) is 6.61 Å². The first-order chi connectivity index (χ1) is 10.3. The summed E-state index contributed by atoms with van der Waals surface area (Å²) in [5, 5.41) is 8.61. The van der Waals surface area contributed by atoms with Crippen LogP contribution in [0.25, 0.3) is 0 Å². The lowest BCUT2D eigenvalue weighted by Crippen LogP contribution is -2.17. The third kappa shape index (κ3) is 2.80. The Bertz CT molecular complexity index is 654. The zero-order valence-electron chi connectivity index (χ0n) is 11.6. The molecule has 6 heteroatoms. The Hall–Kier alpha value is -1.85. The standard InChI is InChI=1S/C15H15ClN2O3/c1-2-20-17-9-13-11-7-8-19-15(14(11)18-21-13)10-5-3-4-6-12(10)16/h3-6,9,15H,2,7-8H2,1H3/b17-9+. The number of ether oxygens (including phenoxy) is 1. The number of halogens is 1. The molecule has 110 valence electrons. The van der Waals surface area contributed by atoms with Gasteiger partial charge in [0.2, 0.25) is 0 Å². The molecule has 0 saturated heterocycles. The molecular formula is C15H15ClN2O3. The fraction of sp³-hybridized carbons (Fsp3) is 0.333. The predicted molar refractivity (Wildman–Crippen MR) is 78.7 cm³/mol.